The molecule has 2 rings (SSSR count). The number of anilines is 1. The lowest BCUT2D eigenvalue weighted by Gasteiger charge is -2.28. The second kappa shape index (κ2) is 5.95. The van der Waals surface area contributed by atoms with E-state index in [1.807, 2.05) is 0 Å². The fraction of sp³-hybridized carbons (Fsp3) is 0.692. The van der Waals surface area contributed by atoms with E-state index in [-0.39, 0.29) is 42.8 Å². The molecule has 2 N–H and O–H groups in total. The first-order valence-corrected chi connectivity index (χ1v) is 6.83. The number of hydrogen-bond acceptors (Lipinski definition) is 5. The third-order valence-corrected chi connectivity index (χ3v) is 3.68. The zero-order valence-corrected chi connectivity index (χ0v) is 11.6. The smallest absolute Gasteiger partial charge is 0.391 e. The largest absolute Gasteiger partial charge is 0.461 e. The first kappa shape index (κ1) is 15.7. The van der Waals surface area contributed by atoms with Gasteiger partial charge in [-0.3, -0.25) is 0 Å². The van der Waals surface area contributed by atoms with Crippen LogP contribution in [0.15, 0.2) is 4.42 Å². The molecule has 1 aliphatic carbocycles. The van der Waals surface area contributed by atoms with Crippen LogP contribution in [0.2, 0.25) is 0 Å². The Bertz CT molecular complexity index is 505. The molecule has 8 heteroatoms. The molecule has 0 spiro atoms. The monoisotopic (exact) mass is 306 g/mol. The predicted molar refractivity (Wildman–Crippen MR) is 67.6 cm³/mol. The Morgan fingerprint density at radius 3 is 2.52 bits per heavy atom. The van der Waals surface area contributed by atoms with E-state index < -0.39 is 18.1 Å². The maximum Gasteiger partial charge on any atom is 0.391 e. The highest BCUT2D eigenvalue weighted by molar-refractivity contribution is 5.91. The maximum atomic E-state index is 12.6. The lowest BCUT2D eigenvalue weighted by atomic mass is 9.81. The highest BCUT2D eigenvalue weighted by Crippen LogP contribution is 2.43. The summed E-state index contributed by atoms with van der Waals surface area (Å²) in [5.74, 6) is -2.13. The minimum atomic E-state index is -4.16. The van der Waals surface area contributed by atoms with Crippen LogP contribution in [0.1, 0.15) is 54.9 Å². The molecule has 1 fully saturated rings. The Morgan fingerprint density at radius 1 is 1.38 bits per heavy atom. The van der Waals surface area contributed by atoms with Gasteiger partial charge in [-0.1, -0.05) is 0 Å². The van der Waals surface area contributed by atoms with Crippen molar-refractivity contribution in [2.45, 2.75) is 44.7 Å². The lowest BCUT2D eigenvalue weighted by Crippen LogP contribution is -2.27. The number of nitrogens with two attached hydrogens (primary N) is 1. The number of rotatable bonds is 3. The zero-order chi connectivity index (χ0) is 15.6. The molecule has 0 amide bonds. The van der Waals surface area contributed by atoms with Gasteiger partial charge in [0.05, 0.1) is 12.5 Å². The average Bonchev–Trinajstić information content (AvgIpc) is 2.80. The van der Waals surface area contributed by atoms with Gasteiger partial charge in [-0.05, 0) is 32.6 Å². The standard InChI is InChI=1S/C13H17F3N2O3/c1-2-20-12(19)9-10(17)21-11(18-9)7-3-5-8(6-4-7)13(14,15)16/h7-8H,2-6,17H2,1H3. The molecule has 0 aliphatic heterocycles. The van der Waals surface area contributed by atoms with Crippen LogP contribution in [0.25, 0.3) is 0 Å². The minimum absolute atomic E-state index is 0.0329. The van der Waals surface area contributed by atoms with E-state index in [4.69, 9.17) is 14.9 Å². The topological polar surface area (TPSA) is 78.3 Å². The lowest BCUT2D eigenvalue weighted by molar-refractivity contribution is -0.182. The van der Waals surface area contributed by atoms with Crippen LogP contribution in [-0.2, 0) is 4.74 Å². The number of carbonyl (C=O) groups excluding carboxylic acids is 1. The fourth-order valence-electron chi connectivity index (χ4n) is 2.54. The van der Waals surface area contributed by atoms with E-state index in [0.717, 1.165) is 0 Å². The molecule has 118 valence electrons. The molecule has 0 saturated heterocycles. The number of aromatic nitrogens is 1. The van der Waals surface area contributed by atoms with Crippen LogP contribution in [0, 0.1) is 5.92 Å². The van der Waals surface area contributed by atoms with Gasteiger partial charge >= 0.3 is 12.1 Å². The van der Waals surface area contributed by atoms with Crippen LogP contribution in [0.3, 0.4) is 0 Å². The van der Waals surface area contributed by atoms with Crippen LogP contribution in [-0.4, -0.2) is 23.7 Å². The molecular formula is C13H17F3N2O3. The number of nitrogen functional groups attached to an aromatic ring is 1. The molecule has 0 bridgehead atoms. The van der Waals surface area contributed by atoms with Crippen molar-refractivity contribution in [2.75, 3.05) is 12.3 Å². The first-order valence-electron chi connectivity index (χ1n) is 6.83. The Hall–Kier alpha value is -1.73. The minimum Gasteiger partial charge on any atom is -0.461 e. The van der Waals surface area contributed by atoms with Gasteiger partial charge in [0.1, 0.15) is 0 Å². The van der Waals surface area contributed by atoms with E-state index in [1.165, 1.54) is 0 Å². The summed E-state index contributed by atoms with van der Waals surface area (Å²) < 4.78 is 47.8. The summed E-state index contributed by atoms with van der Waals surface area (Å²) in [4.78, 5) is 15.6. The number of hydrogen-bond donors (Lipinski definition) is 1. The van der Waals surface area contributed by atoms with Crippen molar-refractivity contribution in [3.05, 3.63) is 11.6 Å². The van der Waals surface area contributed by atoms with Crippen molar-refractivity contribution in [1.82, 2.24) is 4.98 Å². The van der Waals surface area contributed by atoms with Crippen LogP contribution in [0.4, 0.5) is 19.1 Å². The Balaban J connectivity index is 2.04. The van der Waals surface area contributed by atoms with Gasteiger partial charge in [-0.15, -0.1) is 0 Å². The van der Waals surface area contributed by atoms with Gasteiger partial charge in [0, 0.05) is 5.92 Å². The van der Waals surface area contributed by atoms with Gasteiger partial charge < -0.3 is 14.9 Å². The summed E-state index contributed by atoms with van der Waals surface area (Å²) in [5, 5.41) is 0. The number of halogens is 3. The highest BCUT2D eigenvalue weighted by Gasteiger charge is 2.42. The number of nitrogens with zero attached hydrogens (tertiary/aromatic N) is 1. The quantitative estimate of drug-likeness (QED) is 0.867. The van der Waals surface area contributed by atoms with Crippen LogP contribution >= 0.6 is 0 Å². The van der Waals surface area contributed by atoms with Gasteiger partial charge in [0.2, 0.25) is 17.5 Å². The second-order valence-corrected chi connectivity index (χ2v) is 5.08. The third kappa shape index (κ3) is 3.48. The van der Waals surface area contributed by atoms with E-state index in [0.29, 0.717) is 12.8 Å². The fourth-order valence-corrected chi connectivity index (χ4v) is 2.54. The van der Waals surface area contributed by atoms with Gasteiger partial charge in [0.25, 0.3) is 0 Å². The molecule has 1 saturated carbocycles. The first-order chi connectivity index (χ1) is 9.82. The number of ether oxygens (including phenoxy) is 1. The van der Waals surface area contributed by atoms with Crippen molar-refractivity contribution in [1.29, 1.82) is 0 Å². The summed E-state index contributed by atoms with van der Waals surface area (Å²) in [6.45, 7) is 1.82. The summed E-state index contributed by atoms with van der Waals surface area (Å²) in [6.07, 6.45) is -3.47. The molecule has 1 aliphatic rings. The Kier molecular flexibility index (Phi) is 4.43. The van der Waals surface area contributed by atoms with Crippen molar-refractivity contribution in [3.8, 4) is 0 Å². The number of alkyl halides is 3. The summed E-state index contributed by atoms with van der Waals surface area (Å²) in [5.41, 5.74) is 5.46. The zero-order valence-electron chi connectivity index (χ0n) is 11.6. The molecular weight excluding hydrogens is 289 g/mol. The van der Waals surface area contributed by atoms with Crippen molar-refractivity contribution < 1.29 is 27.1 Å². The Labute approximate surface area is 119 Å². The molecule has 0 unspecified atom stereocenters. The summed E-state index contributed by atoms with van der Waals surface area (Å²) >= 11 is 0. The van der Waals surface area contributed by atoms with E-state index in [2.05, 4.69) is 4.98 Å². The van der Waals surface area contributed by atoms with Gasteiger partial charge in [-0.25, -0.2) is 9.78 Å². The maximum absolute atomic E-state index is 12.6. The third-order valence-electron chi connectivity index (χ3n) is 3.68. The molecule has 0 aromatic carbocycles. The SMILES string of the molecule is CCOC(=O)c1nc(C2CCC(C(F)(F)F)CC2)oc1N. The number of oxazole rings is 1. The van der Waals surface area contributed by atoms with Gasteiger partial charge in [0.15, 0.2) is 0 Å². The number of carbonyl (C=O) groups is 1. The Morgan fingerprint density at radius 2 is 2.00 bits per heavy atom. The molecule has 1 aromatic rings. The van der Waals surface area contributed by atoms with Crippen molar-refractivity contribution >= 4 is 11.9 Å². The van der Waals surface area contributed by atoms with Crippen LogP contribution < -0.4 is 5.73 Å². The molecule has 0 radical (unpaired) electrons. The van der Waals surface area contributed by atoms with E-state index >= 15 is 0 Å². The van der Waals surface area contributed by atoms with Crippen molar-refractivity contribution in [3.63, 3.8) is 0 Å². The summed E-state index contributed by atoms with van der Waals surface area (Å²) in [7, 11) is 0. The summed E-state index contributed by atoms with van der Waals surface area (Å²) in [6, 6.07) is 0. The highest BCUT2D eigenvalue weighted by atomic mass is 19.4. The van der Waals surface area contributed by atoms with Crippen molar-refractivity contribution in [2.24, 2.45) is 5.92 Å². The predicted octanol–water partition coefficient (Wildman–Crippen LogP) is 3.27. The number of esters is 1. The average molecular weight is 306 g/mol. The van der Waals surface area contributed by atoms with Crippen LogP contribution in [0.5, 0.6) is 0 Å². The molecule has 5 nitrogen and oxygen atoms in total. The van der Waals surface area contributed by atoms with E-state index in [1.54, 1.807) is 6.92 Å². The van der Waals surface area contributed by atoms with Gasteiger partial charge in [-0.2, -0.15) is 13.2 Å². The molecule has 1 aromatic heterocycles. The van der Waals surface area contributed by atoms with E-state index in [9.17, 15) is 18.0 Å². The molecule has 1 heterocycles. The molecule has 0 atom stereocenters. The molecule has 21 heavy (non-hydrogen) atoms. The second-order valence-electron chi connectivity index (χ2n) is 5.08. The normalized spacial score (nSPS) is 23.0.